The van der Waals surface area contributed by atoms with E-state index in [0.717, 1.165) is 18.0 Å². The SMILES string of the molecule is NCC1(c2ccc3c(c2)OCCO3)CCCCC1. The second kappa shape index (κ2) is 4.81. The Bertz CT molecular complexity index is 425. The van der Waals surface area contributed by atoms with Crippen LogP contribution in [0.15, 0.2) is 18.2 Å². The van der Waals surface area contributed by atoms with Crippen LogP contribution in [0.5, 0.6) is 11.5 Å². The molecule has 1 aliphatic carbocycles. The Morgan fingerprint density at radius 1 is 1.00 bits per heavy atom. The van der Waals surface area contributed by atoms with Crippen molar-refractivity contribution in [2.45, 2.75) is 37.5 Å². The molecule has 18 heavy (non-hydrogen) atoms. The minimum atomic E-state index is 0.161. The molecule has 3 rings (SSSR count). The van der Waals surface area contributed by atoms with Gasteiger partial charge >= 0.3 is 0 Å². The van der Waals surface area contributed by atoms with Crippen molar-refractivity contribution < 1.29 is 9.47 Å². The molecular formula is C15H21NO2. The Hall–Kier alpha value is -1.22. The summed E-state index contributed by atoms with van der Waals surface area (Å²) in [6.07, 6.45) is 6.30. The number of ether oxygens (including phenoxy) is 2. The van der Waals surface area contributed by atoms with Gasteiger partial charge in [-0.3, -0.25) is 0 Å². The van der Waals surface area contributed by atoms with Gasteiger partial charge in [-0.1, -0.05) is 25.3 Å². The van der Waals surface area contributed by atoms with Gasteiger partial charge in [0.15, 0.2) is 11.5 Å². The van der Waals surface area contributed by atoms with Crippen LogP contribution < -0.4 is 15.2 Å². The summed E-state index contributed by atoms with van der Waals surface area (Å²) < 4.78 is 11.3. The predicted molar refractivity (Wildman–Crippen MR) is 71.2 cm³/mol. The molecule has 1 saturated carbocycles. The first kappa shape index (κ1) is 11.8. The summed E-state index contributed by atoms with van der Waals surface area (Å²) in [5.41, 5.74) is 7.56. The van der Waals surface area contributed by atoms with E-state index in [0.29, 0.717) is 13.2 Å². The molecular weight excluding hydrogens is 226 g/mol. The van der Waals surface area contributed by atoms with E-state index in [2.05, 4.69) is 12.1 Å². The van der Waals surface area contributed by atoms with Gasteiger partial charge in [0.2, 0.25) is 0 Å². The maximum atomic E-state index is 6.07. The quantitative estimate of drug-likeness (QED) is 0.873. The van der Waals surface area contributed by atoms with E-state index in [1.165, 1.54) is 37.7 Å². The molecule has 1 aromatic carbocycles. The van der Waals surface area contributed by atoms with Crippen LogP contribution in [0, 0.1) is 0 Å². The van der Waals surface area contributed by atoms with Crippen molar-refractivity contribution >= 4 is 0 Å². The number of hydrogen-bond donors (Lipinski definition) is 1. The second-order valence-corrected chi connectivity index (χ2v) is 5.40. The van der Waals surface area contributed by atoms with Crippen LogP contribution in [0.1, 0.15) is 37.7 Å². The summed E-state index contributed by atoms with van der Waals surface area (Å²) in [6.45, 7) is 2.02. The molecule has 1 aliphatic heterocycles. The first-order valence-corrected chi connectivity index (χ1v) is 6.94. The van der Waals surface area contributed by atoms with E-state index in [-0.39, 0.29) is 5.41 Å². The topological polar surface area (TPSA) is 44.5 Å². The molecule has 2 N–H and O–H groups in total. The summed E-state index contributed by atoms with van der Waals surface area (Å²) in [7, 11) is 0. The molecule has 0 saturated heterocycles. The molecule has 0 radical (unpaired) electrons. The summed E-state index contributed by atoms with van der Waals surface area (Å²) in [5, 5.41) is 0. The van der Waals surface area contributed by atoms with Crippen molar-refractivity contribution in [2.75, 3.05) is 19.8 Å². The lowest BCUT2D eigenvalue weighted by Crippen LogP contribution is -2.37. The molecule has 1 heterocycles. The van der Waals surface area contributed by atoms with Gasteiger partial charge in [0, 0.05) is 12.0 Å². The van der Waals surface area contributed by atoms with Gasteiger partial charge < -0.3 is 15.2 Å². The first-order valence-electron chi connectivity index (χ1n) is 6.94. The van der Waals surface area contributed by atoms with E-state index >= 15 is 0 Å². The van der Waals surface area contributed by atoms with Crippen LogP contribution in [0.2, 0.25) is 0 Å². The maximum absolute atomic E-state index is 6.07. The van der Waals surface area contributed by atoms with Crippen molar-refractivity contribution in [3.8, 4) is 11.5 Å². The number of nitrogens with two attached hydrogens (primary N) is 1. The molecule has 1 fully saturated rings. The lowest BCUT2D eigenvalue weighted by atomic mass is 9.69. The van der Waals surface area contributed by atoms with Crippen LogP contribution in [0.4, 0.5) is 0 Å². The maximum Gasteiger partial charge on any atom is 0.161 e. The molecule has 0 atom stereocenters. The minimum Gasteiger partial charge on any atom is -0.486 e. The molecule has 3 heteroatoms. The molecule has 0 amide bonds. The highest BCUT2D eigenvalue weighted by Gasteiger charge is 2.33. The summed E-state index contributed by atoms with van der Waals surface area (Å²) >= 11 is 0. The molecule has 0 aromatic heterocycles. The van der Waals surface area contributed by atoms with Gasteiger partial charge in [-0.25, -0.2) is 0 Å². The third-order valence-electron chi connectivity index (χ3n) is 4.36. The Balaban J connectivity index is 1.94. The monoisotopic (exact) mass is 247 g/mol. The van der Waals surface area contributed by atoms with Crippen molar-refractivity contribution in [1.29, 1.82) is 0 Å². The predicted octanol–water partition coefficient (Wildman–Crippen LogP) is 2.62. The van der Waals surface area contributed by atoms with E-state index < -0.39 is 0 Å². The van der Waals surface area contributed by atoms with E-state index in [1.807, 2.05) is 6.07 Å². The standard InChI is InChI=1S/C15H21NO2/c16-11-15(6-2-1-3-7-15)12-4-5-13-14(10-12)18-9-8-17-13/h4-5,10H,1-3,6-9,11,16H2. The molecule has 98 valence electrons. The van der Waals surface area contributed by atoms with E-state index in [9.17, 15) is 0 Å². The number of rotatable bonds is 2. The molecule has 0 unspecified atom stereocenters. The number of fused-ring (bicyclic) bond motifs is 1. The zero-order valence-corrected chi connectivity index (χ0v) is 10.8. The summed E-state index contributed by atoms with van der Waals surface area (Å²) in [5.74, 6) is 1.75. The van der Waals surface area contributed by atoms with Gasteiger partial charge in [-0.15, -0.1) is 0 Å². The first-order chi connectivity index (χ1) is 8.84. The van der Waals surface area contributed by atoms with Gasteiger partial charge in [-0.2, -0.15) is 0 Å². The van der Waals surface area contributed by atoms with Crippen molar-refractivity contribution in [3.63, 3.8) is 0 Å². The smallest absolute Gasteiger partial charge is 0.161 e. The average Bonchev–Trinajstić information content (AvgIpc) is 2.47. The Labute approximate surface area is 108 Å². The van der Waals surface area contributed by atoms with Gasteiger partial charge in [0.05, 0.1) is 0 Å². The van der Waals surface area contributed by atoms with Crippen LogP contribution in [0.3, 0.4) is 0 Å². The highest BCUT2D eigenvalue weighted by atomic mass is 16.6. The Morgan fingerprint density at radius 2 is 1.72 bits per heavy atom. The fourth-order valence-electron chi connectivity index (χ4n) is 3.21. The van der Waals surface area contributed by atoms with E-state index in [1.54, 1.807) is 0 Å². The molecule has 1 aromatic rings. The minimum absolute atomic E-state index is 0.161. The third-order valence-corrected chi connectivity index (χ3v) is 4.36. The zero-order chi connectivity index (χ0) is 12.4. The fourth-order valence-corrected chi connectivity index (χ4v) is 3.21. The largest absolute Gasteiger partial charge is 0.486 e. The van der Waals surface area contributed by atoms with Gasteiger partial charge in [0.1, 0.15) is 13.2 Å². The molecule has 2 aliphatic rings. The normalized spacial score (nSPS) is 21.6. The Morgan fingerprint density at radius 3 is 2.44 bits per heavy atom. The lowest BCUT2D eigenvalue weighted by Gasteiger charge is -2.37. The van der Waals surface area contributed by atoms with Gasteiger partial charge in [-0.05, 0) is 30.5 Å². The van der Waals surface area contributed by atoms with Crippen LogP contribution in [-0.2, 0) is 5.41 Å². The van der Waals surface area contributed by atoms with Gasteiger partial charge in [0.25, 0.3) is 0 Å². The third kappa shape index (κ3) is 1.97. The van der Waals surface area contributed by atoms with Crippen molar-refractivity contribution in [2.24, 2.45) is 5.73 Å². The molecule has 0 bridgehead atoms. The van der Waals surface area contributed by atoms with Crippen LogP contribution in [-0.4, -0.2) is 19.8 Å². The molecule has 0 spiro atoms. The number of benzene rings is 1. The molecule has 3 nitrogen and oxygen atoms in total. The average molecular weight is 247 g/mol. The zero-order valence-electron chi connectivity index (χ0n) is 10.8. The Kier molecular flexibility index (Phi) is 3.16. The highest BCUT2D eigenvalue weighted by molar-refractivity contribution is 5.46. The highest BCUT2D eigenvalue weighted by Crippen LogP contribution is 2.42. The fraction of sp³-hybridized carbons (Fsp3) is 0.600. The van der Waals surface area contributed by atoms with Crippen molar-refractivity contribution in [3.05, 3.63) is 23.8 Å². The summed E-state index contributed by atoms with van der Waals surface area (Å²) in [6, 6.07) is 6.36. The van der Waals surface area contributed by atoms with Crippen LogP contribution >= 0.6 is 0 Å². The van der Waals surface area contributed by atoms with E-state index in [4.69, 9.17) is 15.2 Å². The number of hydrogen-bond acceptors (Lipinski definition) is 3. The lowest BCUT2D eigenvalue weighted by molar-refractivity contribution is 0.170. The van der Waals surface area contributed by atoms with Crippen molar-refractivity contribution in [1.82, 2.24) is 0 Å². The second-order valence-electron chi connectivity index (χ2n) is 5.40. The van der Waals surface area contributed by atoms with Crippen LogP contribution in [0.25, 0.3) is 0 Å². The summed E-state index contributed by atoms with van der Waals surface area (Å²) in [4.78, 5) is 0.